The number of nitrogens with one attached hydrogen (secondary N) is 1. The minimum atomic E-state index is -0.244. The Kier molecular flexibility index (Phi) is 7.15. The van der Waals surface area contributed by atoms with Crippen molar-refractivity contribution in [3.05, 3.63) is 41.5 Å². The molecule has 5 nitrogen and oxygen atoms in total. The first-order valence-electron chi connectivity index (χ1n) is 9.78. The monoisotopic (exact) mass is 390 g/mol. The Morgan fingerprint density at radius 2 is 2.11 bits per heavy atom. The number of hydrogen-bond donors (Lipinski definition) is 1. The van der Waals surface area contributed by atoms with E-state index in [0.717, 1.165) is 49.5 Å². The highest BCUT2D eigenvalue weighted by atomic mass is 32.1. The molecular formula is C20H27FN4OS. The quantitative estimate of drug-likeness (QED) is 0.659. The van der Waals surface area contributed by atoms with Gasteiger partial charge in [-0.3, -0.25) is 4.79 Å². The number of rotatable bonds is 9. The van der Waals surface area contributed by atoms with E-state index in [1.54, 1.807) is 12.1 Å². The van der Waals surface area contributed by atoms with E-state index in [0.29, 0.717) is 12.2 Å². The maximum absolute atomic E-state index is 13.0. The number of nitrogens with zero attached hydrogens (tertiary/aromatic N) is 3. The molecule has 1 aromatic carbocycles. The average molecular weight is 391 g/mol. The number of unbranched alkanes of at least 4 members (excludes halogenated alkanes) is 3. The van der Waals surface area contributed by atoms with Crippen molar-refractivity contribution in [3.63, 3.8) is 0 Å². The van der Waals surface area contributed by atoms with Gasteiger partial charge in [0.15, 0.2) is 0 Å². The Labute approximate surface area is 164 Å². The van der Waals surface area contributed by atoms with Crippen LogP contribution in [0.4, 0.5) is 9.52 Å². The molecule has 3 rings (SSSR count). The molecule has 1 fully saturated rings. The van der Waals surface area contributed by atoms with Gasteiger partial charge in [0.05, 0.1) is 0 Å². The first-order chi connectivity index (χ1) is 13.2. The summed E-state index contributed by atoms with van der Waals surface area (Å²) in [6, 6.07) is 6.25. The summed E-state index contributed by atoms with van der Waals surface area (Å²) in [5.74, 6) is 0.567. The summed E-state index contributed by atoms with van der Waals surface area (Å²) in [6.07, 6.45) is 7.02. The van der Waals surface area contributed by atoms with Crippen molar-refractivity contribution >= 4 is 22.6 Å². The minimum absolute atomic E-state index is 0.0966. The summed E-state index contributed by atoms with van der Waals surface area (Å²) in [5, 5.41) is 3.88. The van der Waals surface area contributed by atoms with Crippen LogP contribution in [0.2, 0.25) is 0 Å². The van der Waals surface area contributed by atoms with Gasteiger partial charge in [0.25, 0.3) is 0 Å². The number of anilines is 1. The van der Waals surface area contributed by atoms with Gasteiger partial charge in [0.2, 0.25) is 11.0 Å². The van der Waals surface area contributed by atoms with E-state index in [4.69, 9.17) is 0 Å². The maximum atomic E-state index is 13.0. The van der Waals surface area contributed by atoms with Crippen LogP contribution in [0, 0.1) is 5.82 Å². The van der Waals surface area contributed by atoms with Crippen molar-refractivity contribution in [3.8, 4) is 0 Å². The molecule has 1 atom stereocenters. The zero-order chi connectivity index (χ0) is 19.1. The van der Waals surface area contributed by atoms with Crippen molar-refractivity contribution in [2.75, 3.05) is 18.0 Å². The van der Waals surface area contributed by atoms with Gasteiger partial charge < -0.3 is 10.2 Å². The molecule has 27 heavy (non-hydrogen) atoms. The highest BCUT2D eigenvalue weighted by molar-refractivity contribution is 7.09. The predicted molar refractivity (Wildman–Crippen MR) is 107 cm³/mol. The first-order valence-corrected chi connectivity index (χ1v) is 10.6. The van der Waals surface area contributed by atoms with Gasteiger partial charge in [0, 0.05) is 31.0 Å². The third kappa shape index (κ3) is 5.48. The largest absolute Gasteiger partial charge is 0.354 e. The molecule has 1 saturated heterocycles. The van der Waals surface area contributed by atoms with Crippen LogP contribution in [0.1, 0.15) is 56.8 Å². The number of carbonyl (C=O) groups excluding carboxylic acids is 1. The standard InChI is InChI=1S/C20H27FN4OS/c1-2-3-4-5-12-22-19(26)17-7-6-13-25(17)20-23-18(24-27-20)14-15-8-10-16(21)11-9-15/h8-11,17H,2-7,12-14H2,1H3,(H,22,26)/t17-/m0/s1. The molecule has 1 aliphatic heterocycles. The number of amides is 1. The zero-order valence-electron chi connectivity index (χ0n) is 15.8. The van der Waals surface area contributed by atoms with Gasteiger partial charge >= 0.3 is 0 Å². The highest BCUT2D eigenvalue weighted by Gasteiger charge is 2.32. The van der Waals surface area contributed by atoms with E-state index in [2.05, 4.69) is 26.5 Å². The van der Waals surface area contributed by atoms with Crippen LogP contribution in [0.3, 0.4) is 0 Å². The van der Waals surface area contributed by atoms with Crippen LogP contribution in [0.5, 0.6) is 0 Å². The highest BCUT2D eigenvalue weighted by Crippen LogP contribution is 2.27. The second-order valence-electron chi connectivity index (χ2n) is 7.00. The number of halogens is 1. The van der Waals surface area contributed by atoms with Crippen molar-refractivity contribution in [2.24, 2.45) is 0 Å². The molecule has 0 spiro atoms. The van der Waals surface area contributed by atoms with E-state index in [1.807, 2.05) is 0 Å². The summed E-state index contributed by atoms with van der Waals surface area (Å²) >= 11 is 1.34. The Morgan fingerprint density at radius 3 is 2.89 bits per heavy atom. The molecule has 0 bridgehead atoms. The number of benzene rings is 1. The van der Waals surface area contributed by atoms with E-state index >= 15 is 0 Å². The summed E-state index contributed by atoms with van der Waals surface area (Å²) in [6.45, 7) is 3.76. The van der Waals surface area contributed by atoms with E-state index in [-0.39, 0.29) is 17.8 Å². The van der Waals surface area contributed by atoms with Crippen LogP contribution in [-0.2, 0) is 11.2 Å². The summed E-state index contributed by atoms with van der Waals surface area (Å²) < 4.78 is 17.5. The lowest BCUT2D eigenvalue weighted by Gasteiger charge is -2.22. The second kappa shape index (κ2) is 9.78. The Balaban J connectivity index is 1.56. The third-order valence-electron chi connectivity index (χ3n) is 4.86. The molecule has 1 amide bonds. The summed E-state index contributed by atoms with van der Waals surface area (Å²) in [4.78, 5) is 19.3. The average Bonchev–Trinajstić information content (AvgIpc) is 3.32. The molecule has 2 heterocycles. The number of carbonyl (C=O) groups is 1. The second-order valence-corrected chi connectivity index (χ2v) is 7.73. The van der Waals surface area contributed by atoms with Crippen molar-refractivity contribution < 1.29 is 9.18 Å². The lowest BCUT2D eigenvalue weighted by atomic mass is 10.1. The maximum Gasteiger partial charge on any atom is 0.242 e. The van der Waals surface area contributed by atoms with Gasteiger partial charge in [-0.15, -0.1) is 0 Å². The van der Waals surface area contributed by atoms with E-state index < -0.39 is 0 Å². The van der Waals surface area contributed by atoms with Crippen molar-refractivity contribution in [1.82, 2.24) is 14.7 Å². The van der Waals surface area contributed by atoms with Crippen LogP contribution < -0.4 is 10.2 Å². The smallest absolute Gasteiger partial charge is 0.242 e. The SMILES string of the molecule is CCCCCCNC(=O)[C@@H]1CCCN1c1nc(Cc2ccc(F)cc2)ns1. The summed E-state index contributed by atoms with van der Waals surface area (Å²) in [5.41, 5.74) is 0.976. The Bertz CT molecular complexity index is 734. The molecule has 7 heteroatoms. The molecule has 0 radical (unpaired) electrons. The zero-order valence-corrected chi connectivity index (χ0v) is 16.6. The fraction of sp³-hybridized carbons (Fsp3) is 0.550. The number of hydrogen-bond acceptors (Lipinski definition) is 5. The molecule has 146 valence electrons. The van der Waals surface area contributed by atoms with Crippen LogP contribution >= 0.6 is 11.5 Å². The normalized spacial score (nSPS) is 16.7. The van der Waals surface area contributed by atoms with Gasteiger partial charge in [-0.2, -0.15) is 4.37 Å². The van der Waals surface area contributed by atoms with Gasteiger partial charge in [-0.05, 0) is 37.0 Å². The van der Waals surface area contributed by atoms with E-state index in [1.165, 1.54) is 36.5 Å². The van der Waals surface area contributed by atoms with Crippen molar-refractivity contribution in [1.29, 1.82) is 0 Å². The first kappa shape index (κ1) is 19.7. The molecule has 2 aromatic rings. The minimum Gasteiger partial charge on any atom is -0.354 e. The van der Waals surface area contributed by atoms with Gasteiger partial charge in [0.1, 0.15) is 17.7 Å². The fourth-order valence-corrected chi connectivity index (χ4v) is 4.13. The van der Waals surface area contributed by atoms with Crippen molar-refractivity contribution in [2.45, 2.75) is 57.9 Å². The van der Waals surface area contributed by atoms with Gasteiger partial charge in [-0.25, -0.2) is 9.37 Å². The molecule has 1 aliphatic rings. The molecular weight excluding hydrogens is 363 g/mol. The molecule has 1 N–H and O–H groups in total. The topological polar surface area (TPSA) is 58.1 Å². The predicted octanol–water partition coefficient (Wildman–Crippen LogP) is 3.93. The molecule has 0 unspecified atom stereocenters. The molecule has 1 aromatic heterocycles. The Hall–Kier alpha value is -2.02. The Morgan fingerprint density at radius 1 is 1.30 bits per heavy atom. The van der Waals surface area contributed by atoms with E-state index in [9.17, 15) is 9.18 Å². The number of aromatic nitrogens is 2. The van der Waals surface area contributed by atoms with Crippen LogP contribution in [0.15, 0.2) is 24.3 Å². The fourth-order valence-electron chi connectivity index (χ4n) is 3.37. The molecule has 0 saturated carbocycles. The summed E-state index contributed by atoms with van der Waals surface area (Å²) in [7, 11) is 0. The van der Waals surface area contributed by atoms with Gasteiger partial charge in [-0.1, -0.05) is 38.3 Å². The lowest BCUT2D eigenvalue weighted by molar-refractivity contribution is -0.122. The van der Waals surface area contributed by atoms with Crippen LogP contribution in [-0.4, -0.2) is 34.4 Å². The molecule has 0 aliphatic carbocycles. The third-order valence-corrected chi connectivity index (χ3v) is 5.65. The lowest BCUT2D eigenvalue weighted by Crippen LogP contribution is -2.43. The van der Waals surface area contributed by atoms with Crippen LogP contribution in [0.25, 0.3) is 0 Å².